The molecule has 2 heterocycles. The molecule has 6 heteroatoms. The number of amides is 3. The van der Waals surface area contributed by atoms with Crippen LogP contribution in [0.2, 0.25) is 0 Å². The molecule has 1 fully saturated rings. The van der Waals surface area contributed by atoms with Crippen LogP contribution in [0.25, 0.3) is 0 Å². The van der Waals surface area contributed by atoms with Gasteiger partial charge in [-0.3, -0.25) is 4.79 Å². The predicted octanol–water partition coefficient (Wildman–Crippen LogP) is 5.75. The third-order valence-corrected chi connectivity index (χ3v) is 7.20. The fourth-order valence-electron chi connectivity index (χ4n) is 5.02. The standard InChI is InChI=1S/C29H32N4O2/c1-20-8-7-11-26(21(20)2)31-29(35)30-24-12-13-27(25(18-24)28(34)32-15-5-6-16-32)33-17-14-22-9-3-4-10-23(22)19-33/h3-4,7-13,18H,5-6,14-17,19H2,1-2H3,(H2,30,31,35). The molecule has 3 aromatic carbocycles. The Bertz CT molecular complexity index is 1260. The molecule has 0 aliphatic carbocycles. The lowest BCUT2D eigenvalue weighted by molar-refractivity contribution is 0.0793. The second-order valence-corrected chi connectivity index (χ2v) is 9.50. The second-order valence-electron chi connectivity index (χ2n) is 9.50. The SMILES string of the molecule is Cc1cccc(NC(=O)Nc2ccc(N3CCc4ccccc4C3)c(C(=O)N3CCCC3)c2)c1C. The first-order valence-corrected chi connectivity index (χ1v) is 12.4. The van der Waals surface area contributed by atoms with Gasteiger partial charge < -0.3 is 20.4 Å². The summed E-state index contributed by atoms with van der Waals surface area (Å²) in [5.41, 5.74) is 7.79. The Morgan fingerprint density at radius 2 is 1.60 bits per heavy atom. The molecule has 6 nitrogen and oxygen atoms in total. The Kier molecular flexibility index (Phi) is 6.45. The number of rotatable bonds is 4. The van der Waals surface area contributed by atoms with E-state index in [2.05, 4.69) is 39.8 Å². The number of likely N-dealkylation sites (tertiary alicyclic amines) is 1. The van der Waals surface area contributed by atoms with E-state index in [9.17, 15) is 9.59 Å². The third kappa shape index (κ3) is 4.87. The van der Waals surface area contributed by atoms with Gasteiger partial charge in [0.25, 0.3) is 5.91 Å². The highest BCUT2D eigenvalue weighted by molar-refractivity contribution is 6.04. The number of nitrogens with one attached hydrogen (secondary N) is 2. The summed E-state index contributed by atoms with van der Waals surface area (Å²) in [7, 11) is 0. The van der Waals surface area contributed by atoms with Crippen molar-refractivity contribution in [2.75, 3.05) is 35.2 Å². The van der Waals surface area contributed by atoms with Crippen LogP contribution in [-0.4, -0.2) is 36.5 Å². The molecule has 1 saturated heterocycles. The van der Waals surface area contributed by atoms with Crippen LogP contribution in [0.15, 0.2) is 60.7 Å². The van der Waals surface area contributed by atoms with E-state index in [-0.39, 0.29) is 11.9 Å². The van der Waals surface area contributed by atoms with Crippen molar-refractivity contribution >= 4 is 29.0 Å². The first kappa shape index (κ1) is 23.0. The number of carbonyl (C=O) groups is 2. The van der Waals surface area contributed by atoms with E-state index < -0.39 is 0 Å². The highest BCUT2D eigenvalue weighted by atomic mass is 16.2. The molecule has 0 spiro atoms. The largest absolute Gasteiger partial charge is 0.366 e. The summed E-state index contributed by atoms with van der Waals surface area (Å²) >= 11 is 0. The number of hydrogen-bond donors (Lipinski definition) is 2. The average Bonchev–Trinajstić information content (AvgIpc) is 3.41. The fourth-order valence-corrected chi connectivity index (χ4v) is 5.02. The number of anilines is 3. The van der Waals surface area contributed by atoms with Gasteiger partial charge in [-0.15, -0.1) is 0 Å². The van der Waals surface area contributed by atoms with Crippen LogP contribution in [0.1, 0.15) is 45.5 Å². The number of fused-ring (bicyclic) bond motifs is 1. The van der Waals surface area contributed by atoms with Crippen LogP contribution < -0.4 is 15.5 Å². The quantitative estimate of drug-likeness (QED) is 0.513. The van der Waals surface area contributed by atoms with Gasteiger partial charge in [-0.05, 0) is 79.6 Å². The molecule has 0 aromatic heterocycles. The van der Waals surface area contributed by atoms with Gasteiger partial charge in [0.15, 0.2) is 0 Å². The second kappa shape index (κ2) is 9.82. The van der Waals surface area contributed by atoms with Gasteiger partial charge in [-0.2, -0.15) is 0 Å². The minimum Gasteiger partial charge on any atom is -0.366 e. The smallest absolute Gasteiger partial charge is 0.323 e. The van der Waals surface area contributed by atoms with Crippen molar-refractivity contribution in [3.63, 3.8) is 0 Å². The number of nitrogens with zero attached hydrogens (tertiary/aromatic N) is 2. The number of aryl methyl sites for hydroxylation is 1. The molecular weight excluding hydrogens is 436 g/mol. The Morgan fingerprint density at radius 3 is 2.40 bits per heavy atom. The number of benzene rings is 3. The summed E-state index contributed by atoms with van der Waals surface area (Å²) < 4.78 is 0. The third-order valence-electron chi connectivity index (χ3n) is 7.20. The highest BCUT2D eigenvalue weighted by Crippen LogP contribution is 2.31. The molecule has 0 radical (unpaired) electrons. The number of urea groups is 1. The lowest BCUT2D eigenvalue weighted by Crippen LogP contribution is -2.34. The Balaban J connectivity index is 1.41. The predicted molar refractivity (Wildman–Crippen MR) is 141 cm³/mol. The van der Waals surface area contributed by atoms with E-state index in [1.807, 2.05) is 55.1 Å². The van der Waals surface area contributed by atoms with Crippen LogP contribution in [0.3, 0.4) is 0 Å². The van der Waals surface area contributed by atoms with Crippen LogP contribution in [-0.2, 0) is 13.0 Å². The summed E-state index contributed by atoms with van der Waals surface area (Å²) in [6.45, 7) is 7.21. The highest BCUT2D eigenvalue weighted by Gasteiger charge is 2.26. The molecule has 3 amide bonds. The number of hydrogen-bond acceptors (Lipinski definition) is 3. The van der Waals surface area contributed by atoms with Crippen molar-refractivity contribution in [1.29, 1.82) is 0 Å². The van der Waals surface area contributed by atoms with E-state index in [4.69, 9.17) is 0 Å². The molecule has 180 valence electrons. The van der Waals surface area contributed by atoms with Crippen molar-refractivity contribution in [1.82, 2.24) is 4.90 Å². The first-order valence-electron chi connectivity index (χ1n) is 12.4. The Morgan fingerprint density at radius 1 is 0.829 bits per heavy atom. The zero-order chi connectivity index (χ0) is 24.4. The monoisotopic (exact) mass is 468 g/mol. The average molecular weight is 469 g/mol. The zero-order valence-corrected chi connectivity index (χ0v) is 20.4. The van der Waals surface area contributed by atoms with E-state index in [1.165, 1.54) is 11.1 Å². The maximum absolute atomic E-state index is 13.5. The van der Waals surface area contributed by atoms with Gasteiger partial charge in [0, 0.05) is 43.2 Å². The fraction of sp³-hybridized carbons (Fsp3) is 0.310. The van der Waals surface area contributed by atoms with E-state index in [1.54, 1.807) is 0 Å². The summed E-state index contributed by atoms with van der Waals surface area (Å²) in [4.78, 5) is 30.5. The van der Waals surface area contributed by atoms with Crippen molar-refractivity contribution in [2.24, 2.45) is 0 Å². The van der Waals surface area contributed by atoms with Gasteiger partial charge in [0.1, 0.15) is 0 Å². The van der Waals surface area contributed by atoms with Crippen molar-refractivity contribution in [3.8, 4) is 0 Å². The lowest BCUT2D eigenvalue weighted by atomic mass is 9.98. The molecule has 2 aliphatic heterocycles. The van der Waals surface area contributed by atoms with Gasteiger partial charge in [-0.25, -0.2) is 4.79 Å². The van der Waals surface area contributed by atoms with Crippen LogP contribution >= 0.6 is 0 Å². The van der Waals surface area contributed by atoms with Crippen LogP contribution in [0.5, 0.6) is 0 Å². The van der Waals surface area contributed by atoms with Gasteiger partial charge in [-0.1, -0.05) is 36.4 Å². The van der Waals surface area contributed by atoms with Crippen LogP contribution in [0, 0.1) is 13.8 Å². The van der Waals surface area contributed by atoms with E-state index in [0.29, 0.717) is 11.3 Å². The molecule has 0 atom stereocenters. The molecule has 35 heavy (non-hydrogen) atoms. The summed E-state index contributed by atoms with van der Waals surface area (Å²) in [5.74, 6) is 0.0370. The molecule has 2 N–H and O–H groups in total. The molecule has 2 aliphatic rings. The molecule has 0 bridgehead atoms. The van der Waals surface area contributed by atoms with E-state index in [0.717, 1.165) is 67.9 Å². The molecule has 0 unspecified atom stereocenters. The first-order chi connectivity index (χ1) is 17.0. The van der Waals surface area contributed by atoms with E-state index >= 15 is 0 Å². The lowest BCUT2D eigenvalue weighted by Gasteiger charge is -2.33. The normalized spacial score (nSPS) is 15.0. The molecule has 0 saturated carbocycles. The molecule has 5 rings (SSSR count). The molecular formula is C29H32N4O2. The summed E-state index contributed by atoms with van der Waals surface area (Å²) in [6.07, 6.45) is 3.02. The van der Waals surface area contributed by atoms with Gasteiger partial charge in [0.2, 0.25) is 0 Å². The van der Waals surface area contributed by atoms with Crippen LogP contribution in [0.4, 0.5) is 21.9 Å². The summed E-state index contributed by atoms with van der Waals surface area (Å²) in [5, 5.41) is 5.87. The zero-order valence-electron chi connectivity index (χ0n) is 20.4. The van der Waals surface area contributed by atoms with Gasteiger partial charge in [0.05, 0.1) is 5.56 Å². The van der Waals surface area contributed by atoms with Crippen molar-refractivity contribution in [2.45, 2.75) is 39.7 Å². The Labute approximate surface area is 206 Å². The van der Waals surface area contributed by atoms with Gasteiger partial charge >= 0.3 is 6.03 Å². The number of carbonyl (C=O) groups excluding carboxylic acids is 2. The van der Waals surface area contributed by atoms with Crippen molar-refractivity contribution in [3.05, 3.63) is 88.5 Å². The minimum absolute atomic E-state index is 0.0370. The van der Waals surface area contributed by atoms with Crippen molar-refractivity contribution < 1.29 is 9.59 Å². The Hall–Kier alpha value is -3.80. The maximum Gasteiger partial charge on any atom is 0.323 e. The topological polar surface area (TPSA) is 64.7 Å². The molecule has 3 aromatic rings. The summed E-state index contributed by atoms with van der Waals surface area (Å²) in [6, 6.07) is 19.7. The minimum atomic E-state index is -0.321. The maximum atomic E-state index is 13.5.